The van der Waals surface area contributed by atoms with Gasteiger partial charge in [-0.15, -0.1) is 0 Å². The van der Waals surface area contributed by atoms with E-state index in [2.05, 4.69) is 37.2 Å². The topological polar surface area (TPSA) is 58.6 Å². The number of carbonyl (C=O) groups excluding carboxylic acids is 2. The highest BCUT2D eigenvalue weighted by Gasteiger charge is 2.30. The molecule has 0 saturated carbocycles. The lowest BCUT2D eigenvalue weighted by Crippen LogP contribution is -2.52. The van der Waals surface area contributed by atoms with Crippen molar-refractivity contribution in [2.45, 2.75) is 6.61 Å². The largest absolute Gasteiger partial charge is 0.486 e. The molecule has 144 valence electrons. The zero-order valence-electron chi connectivity index (χ0n) is 14.5. The summed E-state index contributed by atoms with van der Waals surface area (Å²) >= 11 is 11.7. The van der Waals surface area contributed by atoms with Gasteiger partial charge in [-0.1, -0.05) is 18.2 Å². The van der Waals surface area contributed by atoms with Gasteiger partial charge in [0.15, 0.2) is 5.11 Å². The number of nitrogens with one attached hydrogen (secondary N) is 1. The summed E-state index contributed by atoms with van der Waals surface area (Å²) in [6.07, 6.45) is 1.46. The Balaban J connectivity index is 1.86. The van der Waals surface area contributed by atoms with Crippen molar-refractivity contribution in [3.05, 3.63) is 67.9 Å². The first kappa shape index (κ1) is 20.6. The maximum absolute atomic E-state index is 13.8. The standard InChI is InChI=1S/C19H13Br2FN2O3S/c1-24-18(26)12(17(25)23-19(24)28)6-10-7-13(20)16(14(21)8-10)27-9-11-4-2-3-5-15(11)22/h2-8H,9H2,1H3,(H,23,25,28)/b12-6+. The molecule has 1 heterocycles. The summed E-state index contributed by atoms with van der Waals surface area (Å²) in [6, 6.07) is 9.75. The van der Waals surface area contributed by atoms with Crippen LogP contribution < -0.4 is 10.1 Å². The van der Waals surface area contributed by atoms with Crippen LogP contribution in [0.15, 0.2) is 50.9 Å². The van der Waals surface area contributed by atoms with Crippen molar-refractivity contribution in [2.24, 2.45) is 0 Å². The van der Waals surface area contributed by atoms with Crippen LogP contribution >= 0.6 is 44.1 Å². The molecule has 2 aromatic rings. The summed E-state index contributed by atoms with van der Waals surface area (Å²) in [7, 11) is 1.49. The Morgan fingerprint density at radius 3 is 2.50 bits per heavy atom. The molecule has 2 aromatic carbocycles. The van der Waals surface area contributed by atoms with Crippen molar-refractivity contribution < 1.29 is 18.7 Å². The highest BCUT2D eigenvalue weighted by Crippen LogP contribution is 2.36. The smallest absolute Gasteiger partial charge is 0.265 e. The maximum atomic E-state index is 13.8. The van der Waals surface area contributed by atoms with Crippen molar-refractivity contribution >= 4 is 67.1 Å². The van der Waals surface area contributed by atoms with Crippen LogP contribution in [0, 0.1) is 5.82 Å². The minimum atomic E-state index is -0.555. The summed E-state index contributed by atoms with van der Waals surface area (Å²) < 4.78 is 20.6. The van der Waals surface area contributed by atoms with Crippen LogP contribution in [0.3, 0.4) is 0 Å². The molecule has 1 aliphatic heterocycles. The third-order valence-corrected chi connectivity index (χ3v) is 5.52. The molecule has 1 aliphatic rings. The Kier molecular flexibility index (Phi) is 6.26. The highest BCUT2D eigenvalue weighted by atomic mass is 79.9. The lowest BCUT2D eigenvalue weighted by atomic mass is 10.1. The molecule has 1 fully saturated rings. The lowest BCUT2D eigenvalue weighted by Gasteiger charge is -2.25. The SMILES string of the molecule is CN1C(=O)/C(=C/c2cc(Br)c(OCc3ccccc3F)c(Br)c2)C(=O)NC1=S. The second-order valence-electron chi connectivity index (χ2n) is 5.88. The molecule has 9 heteroatoms. The quantitative estimate of drug-likeness (QED) is 0.368. The fraction of sp³-hybridized carbons (Fsp3) is 0.105. The number of hydrogen-bond acceptors (Lipinski definition) is 4. The van der Waals surface area contributed by atoms with E-state index >= 15 is 0 Å². The predicted octanol–water partition coefficient (Wildman–Crippen LogP) is 4.19. The molecule has 0 aromatic heterocycles. The van der Waals surface area contributed by atoms with E-state index in [4.69, 9.17) is 17.0 Å². The van der Waals surface area contributed by atoms with Crippen LogP contribution in [-0.4, -0.2) is 28.9 Å². The molecule has 5 nitrogen and oxygen atoms in total. The van der Waals surface area contributed by atoms with Crippen LogP contribution in [0.4, 0.5) is 4.39 Å². The number of amides is 2. The molecular weight excluding hydrogens is 515 g/mol. The van der Waals surface area contributed by atoms with Gasteiger partial charge in [0.2, 0.25) is 0 Å². The van der Waals surface area contributed by atoms with Gasteiger partial charge in [0.25, 0.3) is 11.8 Å². The monoisotopic (exact) mass is 526 g/mol. The number of ether oxygens (including phenoxy) is 1. The number of rotatable bonds is 4. The van der Waals surface area contributed by atoms with Gasteiger partial charge in [0, 0.05) is 12.6 Å². The van der Waals surface area contributed by atoms with Gasteiger partial charge in [-0.05, 0) is 73.9 Å². The Bertz CT molecular complexity index is 1000. The van der Waals surface area contributed by atoms with E-state index in [-0.39, 0.29) is 23.1 Å². The number of nitrogens with zero attached hydrogens (tertiary/aromatic N) is 1. The van der Waals surface area contributed by atoms with Gasteiger partial charge in [0.1, 0.15) is 23.7 Å². The third-order valence-electron chi connectivity index (χ3n) is 3.97. The van der Waals surface area contributed by atoms with Gasteiger partial charge in [-0.3, -0.25) is 19.8 Å². The molecule has 0 bridgehead atoms. The van der Waals surface area contributed by atoms with Gasteiger partial charge in [0.05, 0.1) is 8.95 Å². The van der Waals surface area contributed by atoms with Crippen LogP contribution in [0.1, 0.15) is 11.1 Å². The maximum Gasteiger partial charge on any atom is 0.265 e. The second kappa shape index (κ2) is 8.50. The van der Waals surface area contributed by atoms with E-state index in [9.17, 15) is 14.0 Å². The van der Waals surface area contributed by atoms with Crippen molar-refractivity contribution in [3.63, 3.8) is 0 Å². The number of benzene rings is 2. The Hall–Kier alpha value is -2.10. The first-order valence-corrected chi connectivity index (χ1v) is 9.97. The van der Waals surface area contributed by atoms with E-state index in [1.54, 1.807) is 30.3 Å². The number of thiocarbonyl (C=S) groups is 1. The van der Waals surface area contributed by atoms with E-state index in [0.29, 0.717) is 25.8 Å². The van der Waals surface area contributed by atoms with Crippen molar-refractivity contribution in [1.29, 1.82) is 0 Å². The second-order valence-corrected chi connectivity index (χ2v) is 7.97. The molecule has 3 rings (SSSR count). The molecule has 0 unspecified atom stereocenters. The molecular formula is C19H13Br2FN2O3S. The average Bonchev–Trinajstić information content (AvgIpc) is 2.64. The number of likely N-dealkylation sites (N-methyl/N-ethyl adjacent to an activating group) is 1. The van der Waals surface area contributed by atoms with Crippen LogP contribution in [-0.2, 0) is 16.2 Å². The molecule has 0 aliphatic carbocycles. The fourth-order valence-electron chi connectivity index (χ4n) is 2.48. The van der Waals surface area contributed by atoms with E-state index < -0.39 is 11.8 Å². The minimum Gasteiger partial charge on any atom is -0.486 e. The summed E-state index contributed by atoms with van der Waals surface area (Å²) in [5, 5.41) is 2.52. The van der Waals surface area contributed by atoms with Crippen LogP contribution in [0.25, 0.3) is 6.08 Å². The summed E-state index contributed by atoms with van der Waals surface area (Å²) in [5.41, 5.74) is 0.989. The number of carbonyl (C=O) groups is 2. The zero-order valence-corrected chi connectivity index (χ0v) is 18.5. The van der Waals surface area contributed by atoms with Crippen LogP contribution in [0.5, 0.6) is 5.75 Å². The zero-order chi connectivity index (χ0) is 20.4. The highest BCUT2D eigenvalue weighted by molar-refractivity contribution is 9.11. The molecule has 1 saturated heterocycles. The number of hydrogen-bond donors (Lipinski definition) is 1. The van der Waals surface area contributed by atoms with Crippen LogP contribution in [0.2, 0.25) is 0 Å². The van der Waals surface area contributed by atoms with Crippen molar-refractivity contribution in [1.82, 2.24) is 10.2 Å². The summed E-state index contributed by atoms with van der Waals surface area (Å²) in [4.78, 5) is 25.6. The van der Waals surface area contributed by atoms with E-state index in [0.717, 1.165) is 0 Å². The average molecular weight is 528 g/mol. The summed E-state index contributed by atoms with van der Waals surface area (Å²) in [5.74, 6) is -0.913. The van der Waals surface area contributed by atoms with Gasteiger partial charge in [-0.2, -0.15) is 0 Å². The molecule has 1 N–H and O–H groups in total. The van der Waals surface area contributed by atoms with Gasteiger partial charge < -0.3 is 4.74 Å². The normalized spacial score (nSPS) is 15.8. The van der Waals surface area contributed by atoms with E-state index in [1.807, 2.05) is 0 Å². The van der Waals surface area contributed by atoms with Gasteiger partial charge >= 0.3 is 0 Å². The Labute approximate surface area is 182 Å². The molecule has 0 atom stereocenters. The number of halogens is 3. The Morgan fingerprint density at radius 1 is 1.21 bits per heavy atom. The Morgan fingerprint density at radius 2 is 1.86 bits per heavy atom. The molecule has 0 spiro atoms. The summed E-state index contributed by atoms with van der Waals surface area (Å²) in [6.45, 7) is 0.0490. The van der Waals surface area contributed by atoms with Crippen molar-refractivity contribution in [3.8, 4) is 5.75 Å². The fourth-order valence-corrected chi connectivity index (χ4v) is 4.10. The third kappa shape index (κ3) is 4.31. The van der Waals surface area contributed by atoms with Gasteiger partial charge in [-0.25, -0.2) is 4.39 Å². The molecule has 28 heavy (non-hydrogen) atoms. The lowest BCUT2D eigenvalue weighted by molar-refractivity contribution is -0.128. The minimum absolute atomic E-state index is 0.0325. The van der Waals surface area contributed by atoms with Crippen molar-refractivity contribution in [2.75, 3.05) is 7.05 Å². The van der Waals surface area contributed by atoms with E-state index in [1.165, 1.54) is 24.1 Å². The molecule has 0 radical (unpaired) electrons. The first-order chi connectivity index (χ1) is 13.3. The predicted molar refractivity (Wildman–Crippen MR) is 114 cm³/mol. The first-order valence-electron chi connectivity index (χ1n) is 7.98. The molecule has 2 amide bonds.